The first kappa shape index (κ1) is 21.4. The molecule has 12 heteroatoms. The van der Waals surface area contributed by atoms with Crippen LogP contribution in [0.5, 0.6) is 0 Å². The molecule has 98 valence electrons. The Kier molecular flexibility index (Phi) is 10.9. The number of carbonyl (C=O) groups excluding carboxylic acids is 3. The van der Waals surface area contributed by atoms with E-state index < -0.39 is 41.4 Å². The molecule has 0 radical (unpaired) electrons. The molecule has 0 aromatic heterocycles. The van der Waals surface area contributed by atoms with Gasteiger partial charge in [-0.2, -0.15) is 0 Å². The van der Waals surface area contributed by atoms with E-state index in [4.69, 9.17) is 20.4 Å². The van der Waals surface area contributed by atoms with E-state index in [1.54, 1.807) is 0 Å². The van der Waals surface area contributed by atoms with Crippen LogP contribution in [0.3, 0.4) is 0 Å². The number of carbonyl (C=O) groups is 3. The fourth-order valence-electron chi connectivity index (χ4n) is 0.684. The molecule has 0 saturated carbocycles. The largest absolute Gasteiger partial charge is 3.00 e. The van der Waals surface area contributed by atoms with Gasteiger partial charge in [-0.15, -0.1) is 10.1 Å². The molecule has 0 unspecified atom stereocenters. The summed E-state index contributed by atoms with van der Waals surface area (Å²) < 4.78 is 0. The molecule has 11 nitrogen and oxygen atoms in total. The maximum atomic E-state index is 10.1. The average Bonchev–Trinajstić information content (AvgIpc) is 1.98. The number of hydrogen-bond acceptors (Lipinski definition) is 9. The van der Waals surface area contributed by atoms with E-state index in [0.717, 1.165) is 0 Å². The Hall–Kier alpha value is -1.90. The molecule has 0 aromatic rings. The molecule has 0 atom stereocenters. The zero-order chi connectivity index (χ0) is 14.2. The quantitative estimate of drug-likeness (QED) is 0.276. The maximum absolute atomic E-state index is 10.1. The summed E-state index contributed by atoms with van der Waals surface area (Å²) in [6.45, 7) is 0. The smallest absolute Gasteiger partial charge is 0.550 e. The molecule has 0 aliphatic carbocycles. The van der Waals surface area contributed by atoms with Crippen molar-refractivity contribution in [2.75, 3.05) is 0 Å². The van der Waals surface area contributed by atoms with Gasteiger partial charge in [-0.1, -0.05) is 0 Å². The van der Waals surface area contributed by atoms with Crippen LogP contribution in [0.2, 0.25) is 0 Å². The molecule has 0 saturated heterocycles. The van der Waals surface area contributed by atoms with Crippen LogP contribution in [0.15, 0.2) is 0 Å². The van der Waals surface area contributed by atoms with Crippen LogP contribution in [-0.4, -0.2) is 56.3 Å². The van der Waals surface area contributed by atoms with Gasteiger partial charge in [0.15, 0.2) is 0 Å². The topological polar surface area (TPSA) is 204 Å². The number of rotatable bonds is 5. The third-order valence-electron chi connectivity index (χ3n) is 1.25. The van der Waals surface area contributed by atoms with Crippen molar-refractivity contribution in [1.82, 2.24) is 0 Å². The summed E-state index contributed by atoms with van der Waals surface area (Å²) in [4.78, 5) is 38.4. The molecule has 0 spiro atoms. The van der Waals surface area contributed by atoms with Gasteiger partial charge in [-0.05, 0) is 0 Å². The molecular weight excluding hydrogens is 273 g/mol. The van der Waals surface area contributed by atoms with Gasteiger partial charge < -0.3 is 40.0 Å². The first-order valence-corrected chi connectivity index (χ1v) is 3.68. The van der Waals surface area contributed by atoms with E-state index in [1.807, 2.05) is 0 Å². The minimum absolute atomic E-state index is 0. The van der Waals surface area contributed by atoms with Crippen molar-refractivity contribution in [2.45, 2.75) is 18.4 Å². The molecule has 0 heterocycles. The molecule has 0 amide bonds. The molecule has 2 N–H and O–H groups in total. The maximum Gasteiger partial charge on any atom is 3.00 e. The summed E-state index contributed by atoms with van der Waals surface area (Å²) in [6.07, 6.45) is -2.72. The van der Waals surface area contributed by atoms with Crippen LogP contribution >= 0.6 is 0 Å². The Labute approximate surface area is 110 Å². The Balaban J connectivity index is -0.000000392. The van der Waals surface area contributed by atoms with Crippen molar-refractivity contribution in [1.29, 1.82) is 0 Å². The number of hydrogen-bond donors (Lipinski definition) is 2. The minimum Gasteiger partial charge on any atom is -0.550 e. The summed E-state index contributed by atoms with van der Waals surface area (Å²) in [6, 6.07) is 0. The molecule has 0 aromatic carbocycles. The number of carboxylic acid groups (broad SMARTS) is 3. The predicted molar refractivity (Wildman–Crippen MR) is 43.7 cm³/mol. The molecular formula is C6H6AlNO10. The second-order valence-electron chi connectivity index (χ2n) is 2.65. The molecule has 18 heavy (non-hydrogen) atoms. The Morgan fingerprint density at radius 3 is 1.39 bits per heavy atom. The SMILES string of the molecule is O=C([O-])CC(O)(CC(=O)[O-])C(=O)[O-].O=[N+]([O-])O.[Al+3]. The number of nitrogens with zero attached hydrogens (tertiary/aromatic N) is 1. The second kappa shape index (κ2) is 9.17. The van der Waals surface area contributed by atoms with Crippen LogP contribution in [0.25, 0.3) is 0 Å². The predicted octanol–water partition coefficient (Wildman–Crippen LogP) is -5.98. The molecule has 0 aliphatic rings. The third-order valence-corrected chi connectivity index (χ3v) is 1.25. The fourth-order valence-corrected chi connectivity index (χ4v) is 0.684. The van der Waals surface area contributed by atoms with Gasteiger partial charge in [0, 0.05) is 24.8 Å². The summed E-state index contributed by atoms with van der Waals surface area (Å²) in [7, 11) is 0. The first-order chi connectivity index (χ1) is 7.51. The van der Waals surface area contributed by atoms with Crippen LogP contribution in [0.4, 0.5) is 0 Å². The Morgan fingerprint density at radius 1 is 1.06 bits per heavy atom. The van der Waals surface area contributed by atoms with Gasteiger partial charge in [0.25, 0.3) is 5.09 Å². The van der Waals surface area contributed by atoms with Crippen molar-refractivity contribution in [2.24, 2.45) is 0 Å². The van der Waals surface area contributed by atoms with Gasteiger partial charge in [0.1, 0.15) is 5.60 Å². The molecule has 0 bridgehead atoms. The van der Waals surface area contributed by atoms with Crippen molar-refractivity contribution >= 4 is 35.3 Å². The third kappa shape index (κ3) is 12.2. The summed E-state index contributed by atoms with van der Waals surface area (Å²) >= 11 is 0. The molecule has 0 aliphatic heterocycles. The van der Waals surface area contributed by atoms with E-state index in [-0.39, 0.29) is 17.4 Å². The van der Waals surface area contributed by atoms with E-state index in [1.165, 1.54) is 0 Å². The zero-order valence-electron chi connectivity index (χ0n) is 8.60. The van der Waals surface area contributed by atoms with E-state index in [9.17, 15) is 29.7 Å². The van der Waals surface area contributed by atoms with Crippen LogP contribution in [-0.2, 0) is 14.4 Å². The van der Waals surface area contributed by atoms with E-state index >= 15 is 0 Å². The van der Waals surface area contributed by atoms with Gasteiger partial charge in [0.2, 0.25) is 0 Å². The van der Waals surface area contributed by atoms with Crippen LogP contribution < -0.4 is 15.3 Å². The van der Waals surface area contributed by atoms with E-state index in [2.05, 4.69) is 0 Å². The standard InChI is InChI=1S/C6H8O7.Al.HNO3/c7-3(8)1-6(13,5(11)12)2-4(9)10;;2-1(3)4/h13H,1-2H2,(H,7,8)(H,9,10)(H,11,12);;(H,2,3,4)/q;+3;/p-3. The number of carboxylic acids is 3. The van der Waals surface area contributed by atoms with Gasteiger partial charge >= 0.3 is 17.4 Å². The number of aliphatic hydroxyl groups is 1. The minimum atomic E-state index is -2.97. The summed E-state index contributed by atoms with van der Waals surface area (Å²) in [5.74, 6) is -5.98. The van der Waals surface area contributed by atoms with Gasteiger partial charge in [-0.25, -0.2) is 0 Å². The van der Waals surface area contributed by atoms with Crippen molar-refractivity contribution in [3.8, 4) is 0 Å². The number of aliphatic carboxylic acids is 3. The van der Waals surface area contributed by atoms with Crippen molar-refractivity contribution in [3.63, 3.8) is 0 Å². The Bertz CT molecular complexity index is 308. The molecule has 0 fully saturated rings. The van der Waals surface area contributed by atoms with Crippen LogP contribution in [0.1, 0.15) is 12.8 Å². The molecule has 0 rings (SSSR count). The Morgan fingerprint density at radius 2 is 1.28 bits per heavy atom. The summed E-state index contributed by atoms with van der Waals surface area (Å²) in [5, 5.41) is 52.6. The fraction of sp³-hybridized carbons (Fsp3) is 0.500. The van der Waals surface area contributed by atoms with Gasteiger partial charge in [0.05, 0.1) is 5.97 Å². The van der Waals surface area contributed by atoms with Crippen molar-refractivity contribution in [3.05, 3.63) is 10.1 Å². The van der Waals surface area contributed by atoms with Crippen LogP contribution in [0, 0.1) is 10.1 Å². The van der Waals surface area contributed by atoms with Crippen molar-refractivity contribution < 1.29 is 45.1 Å². The monoisotopic (exact) mass is 279 g/mol. The van der Waals surface area contributed by atoms with E-state index in [0.29, 0.717) is 0 Å². The normalized spacial score (nSPS) is 9.17. The summed E-state index contributed by atoms with van der Waals surface area (Å²) in [5.41, 5.74) is -2.97. The van der Waals surface area contributed by atoms with Gasteiger partial charge in [-0.3, -0.25) is 0 Å². The zero-order valence-corrected chi connectivity index (χ0v) is 9.75. The second-order valence-corrected chi connectivity index (χ2v) is 2.65. The average molecular weight is 279 g/mol. The first-order valence-electron chi connectivity index (χ1n) is 3.68.